The molecule has 0 spiro atoms. The summed E-state index contributed by atoms with van der Waals surface area (Å²) in [7, 11) is 1.86. The van der Waals surface area contributed by atoms with Crippen LogP contribution < -0.4 is 10.6 Å². The van der Waals surface area contributed by atoms with Crippen LogP contribution in [0, 0.1) is 0 Å². The number of guanidine groups is 1. The van der Waals surface area contributed by atoms with E-state index >= 15 is 0 Å². The first kappa shape index (κ1) is 24.2. The summed E-state index contributed by atoms with van der Waals surface area (Å²) in [5.41, 5.74) is 2.69. The van der Waals surface area contributed by atoms with Gasteiger partial charge in [0.1, 0.15) is 6.61 Å². The Morgan fingerprint density at radius 1 is 1.14 bits per heavy atom. The van der Waals surface area contributed by atoms with Gasteiger partial charge in [-0.05, 0) is 18.1 Å². The van der Waals surface area contributed by atoms with Gasteiger partial charge in [0, 0.05) is 31.9 Å². The van der Waals surface area contributed by atoms with Gasteiger partial charge in [-0.1, -0.05) is 24.3 Å². The molecule has 28 heavy (non-hydrogen) atoms. The molecular weight excluding hydrogens is 486 g/mol. The summed E-state index contributed by atoms with van der Waals surface area (Å²) in [5, 5.41) is 10.5. The number of ether oxygens (including phenoxy) is 1. The fraction of sp³-hybridized carbons (Fsp3) is 0.444. The molecule has 6 nitrogen and oxygen atoms in total. The molecule has 0 radical (unpaired) electrons. The summed E-state index contributed by atoms with van der Waals surface area (Å²) < 4.78 is 42.6. The number of halogens is 4. The summed E-state index contributed by atoms with van der Waals surface area (Å²) in [6.07, 6.45) is -0.624. The Morgan fingerprint density at radius 3 is 2.39 bits per heavy atom. The van der Waals surface area contributed by atoms with Gasteiger partial charge in [-0.3, -0.25) is 4.68 Å². The monoisotopic (exact) mass is 511 g/mol. The van der Waals surface area contributed by atoms with Gasteiger partial charge in [0.15, 0.2) is 5.96 Å². The molecule has 2 aromatic rings. The van der Waals surface area contributed by atoms with E-state index in [-0.39, 0.29) is 30.6 Å². The van der Waals surface area contributed by atoms with Crippen LogP contribution in [0.25, 0.3) is 0 Å². The van der Waals surface area contributed by atoms with Crippen molar-refractivity contribution in [1.29, 1.82) is 0 Å². The fourth-order valence-corrected chi connectivity index (χ4v) is 2.29. The lowest BCUT2D eigenvalue weighted by atomic mass is 10.1. The van der Waals surface area contributed by atoms with Crippen LogP contribution in [0.15, 0.2) is 41.7 Å². The third-order valence-electron chi connectivity index (χ3n) is 3.54. The minimum absolute atomic E-state index is 0. The van der Waals surface area contributed by atoms with Crippen molar-refractivity contribution in [2.45, 2.75) is 32.8 Å². The Labute approximate surface area is 179 Å². The van der Waals surface area contributed by atoms with Crippen molar-refractivity contribution in [2.75, 3.05) is 13.2 Å². The quantitative estimate of drug-likeness (QED) is 0.324. The van der Waals surface area contributed by atoms with E-state index in [4.69, 9.17) is 0 Å². The normalized spacial score (nSPS) is 11.8. The molecule has 10 heteroatoms. The van der Waals surface area contributed by atoms with E-state index in [1.807, 2.05) is 32.3 Å². The third-order valence-corrected chi connectivity index (χ3v) is 3.54. The number of nitrogens with one attached hydrogen (secondary N) is 2. The predicted octanol–water partition coefficient (Wildman–Crippen LogP) is 3.37. The fourth-order valence-electron chi connectivity index (χ4n) is 2.29. The maximum absolute atomic E-state index is 12.1. The molecule has 2 N–H and O–H groups in total. The topological polar surface area (TPSA) is 63.5 Å². The number of hydrogen-bond acceptors (Lipinski definition) is 3. The summed E-state index contributed by atoms with van der Waals surface area (Å²) in [6, 6.07) is 7.22. The van der Waals surface area contributed by atoms with Crippen molar-refractivity contribution in [2.24, 2.45) is 12.0 Å². The molecule has 2 rings (SSSR count). The Hall–Kier alpha value is -1.82. The summed E-state index contributed by atoms with van der Waals surface area (Å²) in [4.78, 5) is 4.51. The van der Waals surface area contributed by atoms with Gasteiger partial charge in [-0.15, -0.1) is 24.0 Å². The number of aromatic nitrogens is 2. The second-order valence-electron chi connectivity index (χ2n) is 6.00. The molecule has 0 atom stereocenters. The molecule has 1 aromatic heterocycles. The van der Waals surface area contributed by atoms with Gasteiger partial charge in [0.2, 0.25) is 0 Å². The van der Waals surface area contributed by atoms with Gasteiger partial charge in [-0.25, -0.2) is 4.99 Å². The van der Waals surface area contributed by atoms with Crippen molar-refractivity contribution in [3.8, 4) is 0 Å². The number of aryl methyl sites for hydroxylation is 1. The van der Waals surface area contributed by atoms with Crippen LogP contribution in [-0.2, 0) is 31.5 Å². The first-order valence-corrected chi connectivity index (χ1v) is 8.57. The van der Waals surface area contributed by atoms with Crippen LogP contribution in [0.4, 0.5) is 13.2 Å². The van der Waals surface area contributed by atoms with Crippen LogP contribution in [0.1, 0.15) is 23.6 Å². The van der Waals surface area contributed by atoms with Crippen molar-refractivity contribution in [3.63, 3.8) is 0 Å². The van der Waals surface area contributed by atoms with Crippen molar-refractivity contribution >= 4 is 29.9 Å². The van der Waals surface area contributed by atoms with E-state index in [1.165, 1.54) is 0 Å². The highest BCUT2D eigenvalue weighted by molar-refractivity contribution is 14.0. The van der Waals surface area contributed by atoms with Crippen molar-refractivity contribution in [3.05, 3.63) is 53.3 Å². The number of rotatable bonds is 8. The Morgan fingerprint density at radius 2 is 1.82 bits per heavy atom. The highest BCUT2D eigenvalue weighted by Gasteiger charge is 2.27. The maximum Gasteiger partial charge on any atom is 0.411 e. The Kier molecular flexibility index (Phi) is 10.3. The zero-order valence-electron chi connectivity index (χ0n) is 15.8. The van der Waals surface area contributed by atoms with Gasteiger partial charge in [0.05, 0.1) is 19.3 Å². The smallest absolute Gasteiger partial charge is 0.367 e. The number of hydrogen-bond donors (Lipinski definition) is 2. The average Bonchev–Trinajstić information content (AvgIpc) is 3.03. The van der Waals surface area contributed by atoms with E-state index in [9.17, 15) is 13.2 Å². The predicted molar refractivity (Wildman–Crippen MR) is 112 cm³/mol. The second kappa shape index (κ2) is 11.9. The van der Waals surface area contributed by atoms with Crippen LogP contribution in [0.3, 0.4) is 0 Å². The Balaban J connectivity index is 0.00000392. The molecular formula is C18H25F3IN5O. The molecule has 0 bridgehead atoms. The van der Waals surface area contributed by atoms with Crippen LogP contribution >= 0.6 is 24.0 Å². The first-order chi connectivity index (χ1) is 12.9. The molecule has 0 saturated heterocycles. The maximum atomic E-state index is 12.1. The van der Waals surface area contributed by atoms with E-state index in [2.05, 4.69) is 25.5 Å². The first-order valence-electron chi connectivity index (χ1n) is 8.57. The van der Waals surface area contributed by atoms with Crippen LogP contribution in [0.5, 0.6) is 0 Å². The molecule has 0 unspecified atom stereocenters. The Bertz CT molecular complexity index is 732. The van der Waals surface area contributed by atoms with Gasteiger partial charge >= 0.3 is 6.18 Å². The average molecular weight is 511 g/mol. The molecule has 1 heterocycles. The van der Waals surface area contributed by atoms with E-state index in [1.54, 1.807) is 23.0 Å². The van der Waals surface area contributed by atoms with E-state index in [0.717, 1.165) is 17.7 Å². The highest BCUT2D eigenvalue weighted by Crippen LogP contribution is 2.15. The lowest BCUT2D eigenvalue weighted by molar-refractivity contribution is -0.176. The second-order valence-corrected chi connectivity index (χ2v) is 6.00. The third kappa shape index (κ3) is 9.40. The SMILES string of the molecule is CCNC(=NCc1cnn(C)c1)NCc1ccc(COCC(F)(F)F)cc1.I. The lowest BCUT2D eigenvalue weighted by Gasteiger charge is -2.12. The number of aliphatic imine (C=N–C) groups is 1. The molecule has 0 aliphatic carbocycles. The summed E-state index contributed by atoms with van der Waals surface area (Å²) >= 11 is 0. The number of benzene rings is 1. The number of nitrogens with zero attached hydrogens (tertiary/aromatic N) is 3. The molecule has 1 aromatic carbocycles. The molecule has 0 saturated carbocycles. The molecule has 156 valence electrons. The van der Waals surface area contributed by atoms with Gasteiger partial charge in [-0.2, -0.15) is 18.3 Å². The minimum Gasteiger partial charge on any atom is -0.367 e. The summed E-state index contributed by atoms with van der Waals surface area (Å²) in [5.74, 6) is 0.680. The van der Waals surface area contributed by atoms with Crippen molar-refractivity contribution < 1.29 is 17.9 Å². The van der Waals surface area contributed by atoms with E-state index < -0.39 is 12.8 Å². The highest BCUT2D eigenvalue weighted by atomic mass is 127. The molecule has 0 aliphatic heterocycles. The largest absolute Gasteiger partial charge is 0.411 e. The zero-order valence-corrected chi connectivity index (χ0v) is 18.1. The molecule has 0 fully saturated rings. The summed E-state index contributed by atoms with van der Waals surface area (Å²) in [6.45, 7) is 2.46. The van der Waals surface area contributed by atoms with Gasteiger partial charge < -0.3 is 15.4 Å². The van der Waals surface area contributed by atoms with Crippen molar-refractivity contribution in [1.82, 2.24) is 20.4 Å². The standard InChI is InChI=1S/C18H24F3N5O.HI/c1-3-22-17(24-9-16-10-25-26(2)11-16)23-8-14-4-6-15(7-5-14)12-27-13-18(19,20)21;/h4-7,10-11H,3,8-9,12-13H2,1-2H3,(H2,22,23,24);1H. The van der Waals surface area contributed by atoms with Crippen LogP contribution in [-0.4, -0.2) is 35.1 Å². The number of alkyl halides is 3. The zero-order chi connectivity index (χ0) is 19.7. The molecule has 0 aliphatic rings. The minimum atomic E-state index is -4.30. The lowest BCUT2D eigenvalue weighted by Crippen LogP contribution is -2.36. The van der Waals surface area contributed by atoms with E-state index in [0.29, 0.717) is 24.6 Å². The van der Waals surface area contributed by atoms with Gasteiger partial charge in [0.25, 0.3) is 0 Å². The molecule has 0 amide bonds. The van der Waals surface area contributed by atoms with Crippen LogP contribution in [0.2, 0.25) is 0 Å².